The fraction of sp³-hybridized carbons (Fsp3) is 0.391. The molecule has 0 aromatic heterocycles. The molecule has 1 fully saturated rings. The standard InChI is InChI=1S/C23H27ClN2O3/c1-17(27)26-21(18-5-3-2-4-6-18)15-22(28)25-16-23(11-13-29-14-12-23)19-7-9-20(24)10-8-19/h2-10,21H,11-16H2,1H3,(H,25,28)(H,26,27). The number of nitrogens with one attached hydrogen (secondary N) is 2. The minimum atomic E-state index is -0.352. The number of hydrogen-bond acceptors (Lipinski definition) is 3. The molecule has 0 aliphatic carbocycles. The summed E-state index contributed by atoms with van der Waals surface area (Å²) < 4.78 is 5.56. The highest BCUT2D eigenvalue weighted by molar-refractivity contribution is 6.30. The molecule has 1 saturated heterocycles. The summed E-state index contributed by atoms with van der Waals surface area (Å²) in [6.07, 6.45) is 1.86. The summed E-state index contributed by atoms with van der Waals surface area (Å²) in [4.78, 5) is 24.4. The lowest BCUT2D eigenvalue weighted by molar-refractivity contribution is -0.123. The molecule has 0 saturated carbocycles. The van der Waals surface area contributed by atoms with Crippen LogP contribution in [0.2, 0.25) is 5.02 Å². The lowest BCUT2D eigenvalue weighted by Gasteiger charge is -2.38. The molecule has 1 aliphatic rings. The first-order chi connectivity index (χ1) is 14.0. The van der Waals surface area contributed by atoms with E-state index in [1.807, 2.05) is 54.6 Å². The molecule has 1 heterocycles. The first kappa shape index (κ1) is 21.3. The van der Waals surface area contributed by atoms with Crippen LogP contribution in [-0.4, -0.2) is 31.6 Å². The number of hydrogen-bond donors (Lipinski definition) is 2. The summed E-state index contributed by atoms with van der Waals surface area (Å²) in [5.74, 6) is -0.249. The SMILES string of the molecule is CC(=O)NC(CC(=O)NCC1(c2ccc(Cl)cc2)CCOCC1)c1ccccc1. The highest BCUT2D eigenvalue weighted by Crippen LogP contribution is 2.35. The molecule has 29 heavy (non-hydrogen) atoms. The van der Waals surface area contributed by atoms with Crippen LogP contribution in [0.25, 0.3) is 0 Å². The Labute approximate surface area is 176 Å². The normalized spacial score (nSPS) is 16.6. The third-order valence-electron chi connectivity index (χ3n) is 5.50. The van der Waals surface area contributed by atoms with Crippen molar-refractivity contribution in [2.45, 2.75) is 37.6 Å². The quantitative estimate of drug-likeness (QED) is 0.724. The molecular weight excluding hydrogens is 388 g/mol. The van der Waals surface area contributed by atoms with Crippen LogP contribution in [0.15, 0.2) is 54.6 Å². The van der Waals surface area contributed by atoms with Crippen LogP contribution < -0.4 is 10.6 Å². The van der Waals surface area contributed by atoms with Crippen molar-refractivity contribution >= 4 is 23.4 Å². The van der Waals surface area contributed by atoms with E-state index in [-0.39, 0.29) is 29.7 Å². The Kier molecular flexibility index (Phi) is 7.29. The van der Waals surface area contributed by atoms with Gasteiger partial charge in [0.25, 0.3) is 0 Å². The number of rotatable bonds is 7. The molecule has 1 atom stereocenters. The molecule has 2 amide bonds. The van der Waals surface area contributed by atoms with E-state index in [9.17, 15) is 9.59 Å². The van der Waals surface area contributed by atoms with Crippen molar-refractivity contribution in [2.75, 3.05) is 19.8 Å². The van der Waals surface area contributed by atoms with Gasteiger partial charge in [0.05, 0.1) is 12.5 Å². The smallest absolute Gasteiger partial charge is 0.222 e. The van der Waals surface area contributed by atoms with Crippen LogP contribution in [0.3, 0.4) is 0 Å². The molecule has 2 aromatic carbocycles. The van der Waals surface area contributed by atoms with Gasteiger partial charge in [-0.25, -0.2) is 0 Å². The van der Waals surface area contributed by atoms with Gasteiger partial charge in [0.2, 0.25) is 11.8 Å². The molecule has 2 N–H and O–H groups in total. The Morgan fingerprint density at radius 3 is 2.34 bits per heavy atom. The maximum absolute atomic E-state index is 12.8. The van der Waals surface area contributed by atoms with Crippen molar-refractivity contribution in [3.8, 4) is 0 Å². The predicted octanol–water partition coefficient (Wildman–Crippen LogP) is 3.77. The number of benzene rings is 2. The van der Waals surface area contributed by atoms with Gasteiger partial charge in [-0.1, -0.05) is 54.1 Å². The molecule has 154 valence electrons. The number of carbonyl (C=O) groups excluding carboxylic acids is 2. The third-order valence-corrected chi connectivity index (χ3v) is 5.75. The first-order valence-electron chi connectivity index (χ1n) is 9.91. The average molecular weight is 415 g/mol. The van der Waals surface area contributed by atoms with Gasteiger partial charge in [-0.05, 0) is 36.1 Å². The van der Waals surface area contributed by atoms with Crippen LogP contribution in [0.4, 0.5) is 0 Å². The van der Waals surface area contributed by atoms with Gasteiger partial charge in [-0.15, -0.1) is 0 Å². The molecule has 2 aromatic rings. The predicted molar refractivity (Wildman–Crippen MR) is 114 cm³/mol. The fourth-order valence-corrected chi connectivity index (χ4v) is 3.97. The highest BCUT2D eigenvalue weighted by Gasteiger charge is 2.35. The van der Waals surface area contributed by atoms with Gasteiger partial charge >= 0.3 is 0 Å². The molecule has 0 bridgehead atoms. The zero-order valence-electron chi connectivity index (χ0n) is 16.6. The van der Waals surface area contributed by atoms with E-state index >= 15 is 0 Å². The Bertz CT molecular complexity index is 818. The summed E-state index contributed by atoms with van der Waals surface area (Å²) in [5.41, 5.74) is 1.90. The van der Waals surface area contributed by atoms with Gasteiger partial charge in [0, 0.05) is 37.1 Å². The second-order valence-electron chi connectivity index (χ2n) is 7.54. The fourth-order valence-electron chi connectivity index (χ4n) is 3.84. The van der Waals surface area contributed by atoms with E-state index in [1.54, 1.807) is 0 Å². The zero-order valence-corrected chi connectivity index (χ0v) is 17.4. The van der Waals surface area contributed by atoms with Crippen LogP contribution >= 0.6 is 11.6 Å². The summed E-state index contributed by atoms with van der Waals surface area (Å²) >= 11 is 6.05. The Balaban J connectivity index is 1.69. The van der Waals surface area contributed by atoms with Crippen molar-refractivity contribution in [1.29, 1.82) is 0 Å². The summed E-state index contributed by atoms with van der Waals surface area (Å²) in [6.45, 7) is 3.32. The second-order valence-corrected chi connectivity index (χ2v) is 7.98. The lowest BCUT2D eigenvalue weighted by atomic mass is 9.74. The lowest BCUT2D eigenvalue weighted by Crippen LogP contribution is -2.45. The van der Waals surface area contributed by atoms with Crippen molar-refractivity contribution in [3.63, 3.8) is 0 Å². The van der Waals surface area contributed by atoms with Gasteiger partial charge < -0.3 is 15.4 Å². The second kappa shape index (κ2) is 9.90. The topological polar surface area (TPSA) is 67.4 Å². The first-order valence-corrected chi connectivity index (χ1v) is 10.3. The third kappa shape index (κ3) is 5.81. The average Bonchev–Trinajstić information content (AvgIpc) is 2.73. The Morgan fingerprint density at radius 2 is 1.72 bits per heavy atom. The van der Waals surface area contributed by atoms with E-state index in [2.05, 4.69) is 10.6 Å². The molecule has 0 radical (unpaired) electrons. The number of amides is 2. The van der Waals surface area contributed by atoms with Crippen LogP contribution in [0, 0.1) is 0 Å². The number of halogens is 1. The molecule has 6 heteroatoms. The molecule has 0 spiro atoms. The maximum atomic E-state index is 12.8. The van der Waals surface area contributed by atoms with Crippen LogP contribution in [0.1, 0.15) is 43.4 Å². The molecular formula is C23H27ClN2O3. The Hall–Kier alpha value is -2.37. The monoisotopic (exact) mass is 414 g/mol. The van der Waals surface area contributed by atoms with Gasteiger partial charge in [-0.2, -0.15) is 0 Å². The van der Waals surface area contributed by atoms with E-state index in [0.29, 0.717) is 24.8 Å². The molecule has 5 nitrogen and oxygen atoms in total. The Morgan fingerprint density at radius 1 is 1.07 bits per heavy atom. The zero-order chi connectivity index (χ0) is 20.7. The number of ether oxygens (including phenoxy) is 1. The maximum Gasteiger partial charge on any atom is 0.222 e. The molecule has 1 aliphatic heterocycles. The highest BCUT2D eigenvalue weighted by atomic mass is 35.5. The van der Waals surface area contributed by atoms with Crippen molar-refractivity contribution in [1.82, 2.24) is 10.6 Å². The molecule has 3 rings (SSSR count). The van der Waals surface area contributed by atoms with E-state index in [4.69, 9.17) is 16.3 Å². The minimum absolute atomic E-state index is 0.0903. The van der Waals surface area contributed by atoms with Crippen molar-refractivity contribution < 1.29 is 14.3 Å². The van der Waals surface area contributed by atoms with E-state index < -0.39 is 0 Å². The van der Waals surface area contributed by atoms with Gasteiger partial charge in [0.1, 0.15) is 0 Å². The van der Waals surface area contributed by atoms with E-state index in [1.165, 1.54) is 6.92 Å². The number of carbonyl (C=O) groups is 2. The van der Waals surface area contributed by atoms with Gasteiger partial charge in [-0.3, -0.25) is 9.59 Å². The minimum Gasteiger partial charge on any atom is -0.381 e. The molecule has 1 unspecified atom stereocenters. The van der Waals surface area contributed by atoms with Crippen molar-refractivity contribution in [3.05, 3.63) is 70.7 Å². The van der Waals surface area contributed by atoms with Crippen LogP contribution in [-0.2, 0) is 19.7 Å². The van der Waals surface area contributed by atoms with Gasteiger partial charge in [0.15, 0.2) is 0 Å². The summed E-state index contributed by atoms with van der Waals surface area (Å²) in [5, 5.41) is 6.67. The summed E-state index contributed by atoms with van der Waals surface area (Å²) in [6, 6.07) is 17.0. The van der Waals surface area contributed by atoms with Crippen molar-refractivity contribution in [2.24, 2.45) is 0 Å². The van der Waals surface area contributed by atoms with E-state index in [0.717, 1.165) is 24.0 Å². The summed E-state index contributed by atoms with van der Waals surface area (Å²) in [7, 11) is 0. The van der Waals surface area contributed by atoms with Crippen LogP contribution in [0.5, 0.6) is 0 Å². The largest absolute Gasteiger partial charge is 0.381 e.